The Bertz CT molecular complexity index is 577. The lowest BCUT2D eigenvalue weighted by Gasteiger charge is -2.24. The van der Waals surface area contributed by atoms with Crippen LogP contribution in [0.1, 0.15) is 51.7 Å². The molecule has 4 heteroatoms. The summed E-state index contributed by atoms with van der Waals surface area (Å²) in [6.45, 7) is 11.7. The predicted octanol–water partition coefficient (Wildman–Crippen LogP) is 6.67. The van der Waals surface area contributed by atoms with Crippen molar-refractivity contribution in [3.8, 4) is 0 Å². The third kappa shape index (κ3) is 4.79. The van der Waals surface area contributed by atoms with Gasteiger partial charge in [-0.3, -0.25) is 0 Å². The van der Waals surface area contributed by atoms with Crippen molar-refractivity contribution in [3.63, 3.8) is 0 Å². The van der Waals surface area contributed by atoms with E-state index in [0.717, 1.165) is 28.2 Å². The lowest BCUT2D eigenvalue weighted by Crippen LogP contribution is -2.20. The van der Waals surface area contributed by atoms with Gasteiger partial charge in [0, 0.05) is 21.8 Å². The van der Waals surface area contributed by atoms with Gasteiger partial charge in [-0.2, -0.15) is 0 Å². The lowest BCUT2D eigenvalue weighted by molar-refractivity contribution is 0.0532. The number of aliphatic hydroxyl groups is 1. The van der Waals surface area contributed by atoms with E-state index in [9.17, 15) is 5.11 Å². The number of hydrogen-bond acceptors (Lipinski definition) is 2. The average Bonchev–Trinajstić information content (AvgIpc) is 2.46. The minimum atomic E-state index is -0.973. The fourth-order valence-electron chi connectivity index (χ4n) is 1.98. The zero-order valence-corrected chi connectivity index (χ0v) is 16.0. The van der Waals surface area contributed by atoms with Crippen molar-refractivity contribution in [1.29, 1.82) is 0 Å². The molecule has 122 valence electrons. The van der Waals surface area contributed by atoms with Gasteiger partial charge in [0.1, 0.15) is 0 Å². The first kappa shape index (κ1) is 19.6. The first-order valence-corrected chi connectivity index (χ1v) is 9.17. The summed E-state index contributed by atoms with van der Waals surface area (Å²) >= 11 is 14.6. The van der Waals surface area contributed by atoms with E-state index in [2.05, 4.69) is 19.6 Å². The molecule has 1 atom stereocenters. The molecule has 1 aromatic rings. The van der Waals surface area contributed by atoms with Crippen LogP contribution in [0.3, 0.4) is 0 Å². The second kappa shape index (κ2) is 8.44. The Hall–Kier alpha value is -0.410. The smallest absolute Gasteiger partial charge is 0.0880 e. The molecule has 0 aliphatic heterocycles. The minimum Gasteiger partial charge on any atom is -0.385 e. The fourth-order valence-corrected chi connectivity index (χ4v) is 3.68. The number of hydrogen-bond donors (Lipinski definition) is 1. The third-order valence-corrected chi connectivity index (χ3v) is 5.70. The van der Waals surface area contributed by atoms with E-state index >= 15 is 0 Å². The average molecular weight is 359 g/mol. The minimum absolute atomic E-state index is 0.434. The zero-order chi connectivity index (χ0) is 16.9. The van der Waals surface area contributed by atoms with E-state index in [1.54, 1.807) is 18.7 Å². The monoisotopic (exact) mass is 358 g/mol. The number of halogens is 2. The zero-order valence-electron chi connectivity index (χ0n) is 13.7. The summed E-state index contributed by atoms with van der Waals surface area (Å²) in [7, 11) is 0. The summed E-state index contributed by atoms with van der Waals surface area (Å²) in [6, 6.07) is 3.82. The molecule has 0 aliphatic carbocycles. The molecule has 0 aromatic heterocycles. The van der Waals surface area contributed by atoms with Crippen LogP contribution in [-0.4, -0.2) is 10.9 Å². The van der Waals surface area contributed by atoms with Crippen LogP contribution in [0.5, 0.6) is 0 Å². The quantitative estimate of drug-likeness (QED) is 0.549. The molecule has 1 nitrogen and oxygen atoms in total. The van der Waals surface area contributed by atoms with Crippen LogP contribution >= 0.6 is 35.0 Å². The Balaban J connectivity index is 3.28. The molecule has 1 N–H and O–H groups in total. The van der Waals surface area contributed by atoms with E-state index in [0.29, 0.717) is 22.0 Å². The second-order valence-corrected chi connectivity index (χ2v) is 7.41. The molecule has 0 heterocycles. The van der Waals surface area contributed by atoms with Crippen molar-refractivity contribution in [3.05, 3.63) is 51.5 Å². The first-order chi connectivity index (χ1) is 10.2. The highest BCUT2D eigenvalue weighted by molar-refractivity contribution is 8.08. The lowest BCUT2D eigenvalue weighted by atomic mass is 9.92. The Kier molecular flexibility index (Phi) is 7.54. The van der Waals surface area contributed by atoms with Crippen LogP contribution in [0.25, 0.3) is 4.91 Å². The topological polar surface area (TPSA) is 20.2 Å². The SMILES string of the molecule is C=C(C)CS/C(=C/CC)c1ccc(C(C)(O)CC)c(Cl)c1Cl. The van der Waals surface area contributed by atoms with Crippen molar-refractivity contribution in [2.75, 3.05) is 5.75 Å². The summed E-state index contributed by atoms with van der Waals surface area (Å²) in [5.41, 5.74) is 1.72. The number of thioether (sulfide) groups is 1. The maximum Gasteiger partial charge on any atom is 0.0880 e. The Labute approximate surface area is 148 Å². The Morgan fingerprint density at radius 1 is 1.32 bits per heavy atom. The molecule has 0 aliphatic rings. The van der Waals surface area contributed by atoms with Crippen LogP contribution in [-0.2, 0) is 5.60 Å². The fraction of sp³-hybridized carbons (Fsp3) is 0.444. The van der Waals surface area contributed by atoms with Crippen LogP contribution in [0.2, 0.25) is 10.0 Å². The first-order valence-electron chi connectivity index (χ1n) is 7.43. The maximum atomic E-state index is 10.4. The summed E-state index contributed by atoms with van der Waals surface area (Å²) in [6.07, 6.45) is 3.63. The molecule has 0 radical (unpaired) electrons. The van der Waals surface area contributed by atoms with Gasteiger partial charge in [-0.25, -0.2) is 0 Å². The molecule has 22 heavy (non-hydrogen) atoms. The van der Waals surface area contributed by atoms with Crippen molar-refractivity contribution in [1.82, 2.24) is 0 Å². The van der Waals surface area contributed by atoms with Gasteiger partial charge in [0.2, 0.25) is 0 Å². The molecule has 0 bridgehead atoms. The molecule has 0 amide bonds. The molecular formula is C18H24Cl2OS. The Morgan fingerprint density at radius 3 is 2.45 bits per heavy atom. The summed E-state index contributed by atoms with van der Waals surface area (Å²) < 4.78 is 0. The molecule has 0 saturated carbocycles. The third-order valence-electron chi connectivity index (χ3n) is 3.48. The molecule has 0 spiro atoms. The Morgan fingerprint density at radius 2 is 1.95 bits per heavy atom. The van der Waals surface area contributed by atoms with Gasteiger partial charge in [0.05, 0.1) is 15.6 Å². The summed E-state index contributed by atoms with van der Waals surface area (Å²) in [5.74, 6) is 0.841. The highest BCUT2D eigenvalue weighted by Gasteiger charge is 2.26. The number of benzene rings is 1. The molecule has 0 saturated heterocycles. The highest BCUT2D eigenvalue weighted by Crippen LogP contribution is 2.42. The predicted molar refractivity (Wildman–Crippen MR) is 102 cm³/mol. The normalized spacial score (nSPS) is 14.8. The number of rotatable bonds is 7. The molecule has 1 unspecified atom stereocenters. The highest BCUT2D eigenvalue weighted by atomic mass is 35.5. The van der Waals surface area contributed by atoms with Crippen LogP contribution in [0.15, 0.2) is 30.4 Å². The number of allylic oxidation sites excluding steroid dienone is 1. The van der Waals surface area contributed by atoms with Crippen molar-refractivity contribution in [2.24, 2.45) is 0 Å². The van der Waals surface area contributed by atoms with Crippen molar-refractivity contribution < 1.29 is 5.11 Å². The van der Waals surface area contributed by atoms with Crippen molar-refractivity contribution in [2.45, 2.75) is 46.1 Å². The van der Waals surface area contributed by atoms with Gasteiger partial charge in [0.15, 0.2) is 0 Å². The summed E-state index contributed by atoms with van der Waals surface area (Å²) in [4.78, 5) is 1.10. The van der Waals surface area contributed by atoms with E-state index in [1.165, 1.54) is 0 Å². The van der Waals surface area contributed by atoms with Gasteiger partial charge < -0.3 is 5.11 Å². The standard InChI is InChI=1S/C18H24Cl2OS/c1-6-8-15(22-11-12(3)4)13-9-10-14(17(20)16(13)19)18(5,21)7-2/h8-10,21H,3,6-7,11H2,1-2,4-5H3/b15-8+. The molecule has 1 aromatic carbocycles. The van der Waals surface area contributed by atoms with Gasteiger partial charge in [0.25, 0.3) is 0 Å². The van der Waals surface area contributed by atoms with E-state index < -0.39 is 5.60 Å². The largest absolute Gasteiger partial charge is 0.385 e. The van der Waals surface area contributed by atoms with Crippen LogP contribution in [0, 0.1) is 0 Å². The van der Waals surface area contributed by atoms with E-state index in [-0.39, 0.29) is 0 Å². The summed E-state index contributed by atoms with van der Waals surface area (Å²) in [5, 5.41) is 11.4. The van der Waals surface area contributed by atoms with Crippen LogP contribution in [0.4, 0.5) is 0 Å². The van der Waals surface area contributed by atoms with E-state index in [1.807, 2.05) is 26.0 Å². The molecular weight excluding hydrogens is 335 g/mol. The van der Waals surface area contributed by atoms with Gasteiger partial charge >= 0.3 is 0 Å². The van der Waals surface area contributed by atoms with Gasteiger partial charge in [-0.15, -0.1) is 11.8 Å². The maximum absolute atomic E-state index is 10.4. The van der Waals surface area contributed by atoms with Gasteiger partial charge in [-0.05, 0) is 26.7 Å². The second-order valence-electron chi connectivity index (χ2n) is 5.64. The molecule has 1 rings (SSSR count). The van der Waals surface area contributed by atoms with Crippen LogP contribution < -0.4 is 0 Å². The van der Waals surface area contributed by atoms with E-state index in [4.69, 9.17) is 23.2 Å². The molecule has 0 fully saturated rings. The van der Waals surface area contributed by atoms with Crippen molar-refractivity contribution >= 4 is 39.9 Å². The van der Waals surface area contributed by atoms with Gasteiger partial charge in [-0.1, -0.05) is 67.4 Å².